The van der Waals surface area contributed by atoms with Crippen LogP contribution in [-0.4, -0.2) is 26.8 Å². The Hall–Kier alpha value is -2.05. The van der Waals surface area contributed by atoms with Crippen molar-refractivity contribution in [3.8, 4) is 10.7 Å². The van der Waals surface area contributed by atoms with E-state index in [1.54, 1.807) is 23.7 Å². The average molecular weight is 369 g/mol. The minimum atomic E-state index is 0.172. The van der Waals surface area contributed by atoms with Crippen LogP contribution in [-0.2, 0) is 11.2 Å². The number of fused-ring (bicyclic) bond motifs is 1. The van der Waals surface area contributed by atoms with Crippen LogP contribution in [0.2, 0.25) is 0 Å². The first-order valence-corrected chi connectivity index (χ1v) is 10.1. The minimum absolute atomic E-state index is 0.172. The molecular formula is C20H24N4OS. The average Bonchev–Trinajstić information content (AvgIpc) is 3.31. The Balaban J connectivity index is 1.51. The molecule has 4 rings (SSSR count). The third-order valence-corrected chi connectivity index (χ3v) is 6.43. The number of ketones is 1. The van der Waals surface area contributed by atoms with Crippen LogP contribution in [0, 0.1) is 11.8 Å². The summed E-state index contributed by atoms with van der Waals surface area (Å²) >= 11 is 1.59. The molecule has 26 heavy (non-hydrogen) atoms. The summed E-state index contributed by atoms with van der Waals surface area (Å²) < 4.78 is 0. The molecule has 0 unspecified atom stereocenters. The van der Waals surface area contributed by atoms with Crippen molar-refractivity contribution in [2.75, 3.05) is 0 Å². The first-order chi connectivity index (χ1) is 12.6. The van der Waals surface area contributed by atoms with E-state index in [9.17, 15) is 4.79 Å². The number of hydrogen-bond donors (Lipinski definition) is 2. The molecule has 6 heteroatoms. The molecule has 0 saturated heterocycles. The predicted molar refractivity (Wildman–Crippen MR) is 105 cm³/mol. The number of aromatic amines is 1. The Bertz CT molecular complexity index is 892. The lowest BCUT2D eigenvalue weighted by Gasteiger charge is -2.30. The highest BCUT2D eigenvalue weighted by atomic mass is 32.1. The maximum Gasteiger partial charge on any atom is 0.140 e. The lowest BCUT2D eigenvalue weighted by molar-refractivity contribution is -0.123. The van der Waals surface area contributed by atoms with Crippen molar-refractivity contribution >= 4 is 28.2 Å². The summed E-state index contributed by atoms with van der Waals surface area (Å²) in [6, 6.07) is 4.26. The number of rotatable bonds is 5. The number of hydrogen-bond acceptors (Lipinski definition) is 5. The highest BCUT2D eigenvalue weighted by Crippen LogP contribution is 2.32. The van der Waals surface area contributed by atoms with Gasteiger partial charge in [-0.05, 0) is 56.2 Å². The van der Waals surface area contributed by atoms with E-state index in [2.05, 4.69) is 27.9 Å². The number of Topliss-reactive ketones (excluding diaryl/α,β-unsaturated/α-hetero) is 1. The summed E-state index contributed by atoms with van der Waals surface area (Å²) in [6.07, 6.45) is 8.12. The van der Waals surface area contributed by atoms with Gasteiger partial charge >= 0.3 is 0 Å². The standard InChI is InChI=1S/C20H24N4OS/c1-12(21)13-2-4-14(5-3-13)18(25)10-15-6-7-22-19-16(15)11-17(24-19)20-23-8-9-26-20/h6-9,11-14H,2-5,10,21H2,1H3,(H,22,24)/t12-,13?,14?/m1/s1. The van der Waals surface area contributed by atoms with Crippen molar-refractivity contribution in [2.45, 2.75) is 45.1 Å². The topological polar surface area (TPSA) is 84.7 Å². The Labute approximate surface area is 157 Å². The summed E-state index contributed by atoms with van der Waals surface area (Å²) in [7, 11) is 0. The second-order valence-corrected chi connectivity index (χ2v) is 8.26. The van der Waals surface area contributed by atoms with Crippen LogP contribution in [0.15, 0.2) is 29.9 Å². The van der Waals surface area contributed by atoms with Gasteiger partial charge in [0, 0.05) is 41.5 Å². The van der Waals surface area contributed by atoms with Crippen LogP contribution >= 0.6 is 11.3 Å². The van der Waals surface area contributed by atoms with Crippen LogP contribution in [0.25, 0.3) is 21.7 Å². The van der Waals surface area contributed by atoms with Crippen LogP contribution in [0.4, 0.5) is 0 Å². The molecule has 1 fully saturated rings. The number of nitrogens with one attached hydrogen (secondary N) is 1. The number of carbonyl (C=O) groups is 1. The van der Waals surface area contributed by atoms with Gasteiger partial charge in [0.15, 0.2) is 0 Å². The highest BCUT2D eigenvalue weighted by Gasteiger charge is 2.28. The zero-order valence-corrected chi connectivity index (χ0v) is 15.8. The van der Waals surface area contributed by atoms with Gasteiger partial charge in [0.2, 0.25) is 0 Å². The van der Waals surface area contributed by atoms with Gasteiger partial charge in [-0.3, -0.25) is 4.79 Å². The van der Waals surface area contributed by atoms with Gasteiger partial charge in [0.25, 0.3) is 0 Å². The zero-order chi connectivity index (χ0) is 18.1. The summed E-state index contributed by atoms with van der Waals surface area (Å²) in [4.78, 5) is 24.9. The minimum Gasteiger partial charge on any atom is -0.337 e. The highest BCUT2D eigenvalue weighted by molar-refractivity contribution is 7.13. The summed E-state index contributed by atoms with van der Waals surface area (Å²) in [6.45, 7) is 2.08. The molecule has 5 nitrogen and oxygen atoms in total. The number of H-pyrrole nitrogens is 1. The van der Waals surface area contributed by atoms with Gasteiger partial charge in [-0.25, -0.2) is 9.97 Å². The largest absolute Gasteiger partial charge is 0.337 e. The fraction of sp³-hybridized carbons (Fsp3) is 0.450. The van der Waals surface area contributed by atoms with Crippen molar-refractivity contribution in [2.24, 2.45) is 17.6 Å². The quantitative estimate of drug-likeness (QED) is 0.714. The van der Waals surface area contributed by atoms with E-state index in [1.807, 2.05) is 11.4 Å². The van der Waals surface area contributed by atoms with E-state index in [-0.39, 0.29) is 12.0 Å². The molecule has 3 aromatic heterocycles. The molecule has 1 atom stereocenters. The van der Waals surface area contributed by atoms with Crippen molar-refractivity contribution in [3.63, 3.8) is 0 Å². The number of nitrogens with two attached hydrogens (primary N) is 1. The van der Waals surface area contributed by atoms with Gasteiger partial charge < -0.3 is 10.7 Å². The van der Waals surface area contributed by atoms with Crippen molar-refractivity contribution < 1.29 is 4.79 Å². The smallest absolute Gasteiger partial charge is 0.140 e. The van der Waals surface area contributed by atoms with E-state index in [0.717, 1.165) is 53.0 Å². The number of nitrogens with zero attached hydrogens (tertiary/aromatic N) is 2. The number of carbonyl (C=O) groups excluding carboxylic acids is 1. The molecule has 3 N–H and O–H groups in total. The molecule has 0 aliphatic heterocycles. The number of aromatic nitrogens is 3. The van der Waals surface area contributed by atoms with Crippen LogP contribution in [0.5, 0.6) is 0 Å². The maximum atomic E-state index is 12.9. The molecule has 3 heterocycles. The lowest BCUT2D eigenvalue weighted by atomic mass is 9.76. The SMILES string of the molecule is C[C@@H](N)C1CCC(C(=O)Cc2ccnc3[nH]c(-c4nccs4)cc23)CC1. The Morgan fingerprint density at radius 2 is 2.12 bits per heavy atom. The van der Waals surface area contributed by atoms with E-state index < -0.39 is 0 Å². The Morgan fingerprint density at radius 1 is 1.31 bits per heavy atom. The fourth-order valence-corrected chi connectivity index (χ4v) is 4.62. The molecule has 136 valence electrons. The maximum absolute atomic E-state index is 12.9. The molecule has 3 aromatic rings. The monoisotopic (exact) mass is 368 g/mol. The van der Waals surface area contributed by atoms with E-state index in [0.29, 0.717) is 18.1 Å². The first kappa shape index (κ1) is 17.4. The van der Waals surface area contributed by atoms with Gasteiger partial charge in [0.05, 0.1) is 5.69 Å². The van der Waals surface area contributed by atoms with E-state index in [4.69, 9.17) is 5.73 Å². The predicted octanol–water partition coefficient (Wildman–Crippen LogP) is 3.95. The molecule has 0 aromatic carbocycles. The zero-order valence-electron chi connectivity index (χ0n) is 14.9. The number of pyridine rings is 1. The van der Waals surface area contributed by atoms with Crippen molar-refractivity contribution in [3.05, 3.63) is 35.5 Å². The van der Waals surface area contributed by atoms with Crippen molar-refractivity contribution in [1.82, 2.24) is 15.0 Å². The second kappa shape index (κ2) is 7.29. The van der Waals surface area contributed by atoms with Crippen LogP contribution < -0.4 is 5.73 Å². The van der Waals surface area contributed by atoms with Crippen LogP contribution in [0.3, 0.4) is 0 Å². The molecule has 1 aliphatic rings. The fourth-order valence-electron chi connectivity index (χ4n) is 4.01. The van der Waals surface area contributed by atoms with Gasteiger partial charge in [0.1, 0.15) is 16.4 Å². The molecule has 0 amide bonds. The first-order valence-electron chi connectivity index (χ1n) is 9.26. The lowest BCUT2D eigenvalue weighted by Crippen LogP contribution is -2.32. The Kier molecular flexibility index (Phi) is 4.87. The third-order valence-electron chi connectivity index (χ3n) is 5.62. The second-order valence-electron chi connectivity index (χ2n) is 7.37. The van der Waals surface area contributed by atoms with E-state index in [1.165, 1.54) is 0 Å². The van der Waals surface area contributed by atoms with E-state index >= 15 is 0 Å². The van der Waals surface area contributed by atoms with Gasteiger partial charge in [-0.2, -0.15) is 0 Å². The van der Waals surface area contributed by atoms with Crippen molar-refractivity contribution in [1.29, 1.82) is 0 Å². The Morgan fingerprint density at radius 3 is 2.81 bits per heavy atom. The molecule has 1 saturated carbocycles. The summed E-state index contributed by atoms with van der Waals surface area (Å²) in [5.41, 5.74) is 8.85. The molecule has 1 aliphatic carbocycles. The molecule has 0 radical (unpaired) electrons. The third kappa shape index (κ3) is 3.44. The van der Waals surface area contributed by atoms with Crippen LogP contribution in [0.1, 0.15) is 38.2 Å². The number of thiazole rings is 1. The van der Waals surface area contributed by atoms with Gasteiger partial charge in [-0.1, -0.05) is 0 Å². The molecular weight excluding hydrogens is 344 g/mol. The normalized spacial score (nSPS) is 21.8. The molecule has 0 bridgehead atoms. The summed E-state index contributed by atoms with van der Waals surface area (Å²) in [5.74, 6) is 1.08. The van der Waals surface area contributed by atoms with Gasteiger partial charge in [-0.15, -0.1) is 11.3 Å². The molecule has 0 spiro atoms. The summed E-state index contributed by atoms with van der Waals surface area (Å²) in [5, 5.41) is 3.92.